The van der Waals surface area contributed by atoms with E-state index in [1.54, 1.807) is 23.3 Å². The Hall–Kier alpha value is -1.63. The van der Waals surface area contributed by atoms with Crippen molar-refractivity contribution in [3.8, 4) is 0 Å². The Labute approximate surface area is 119 Å². The Balaban J connectivity index is 2.02. The second kappa shape index (κ2) is 6.01. The molecule has 1 N–H and O–H groups in total. The molecule has 0 bridgehead atoms. The van der Waals surface area contributed by atoms with Crippen LogP contribution in [0.2, 0.25) is 0 Å². The molecule has 0 unspecified atom stereocenters. The summed E-state index contributed by atoms with van der Waals surface area (Å²) in [4.78, 5) is 12.0. The van der Waals surface area contributed by atoms with Crippen LogP contribution in [-0.4, -0.2) is 25.5 Å². The molecule has 102 valence electrons. The van der Waals surface area contributed by atoms with E-state index in [4.69, 9.17) is 0 Å². The van der Waals surface area contributed by atoms with Crippen molar-refractivity contribution in [2.45, 2.75) is 33.5 Å². The molecule has 0 atom stereocenters. The van der Waals surface area contributed by atoms with Gasteiger partial charge in [0.05, 0.1) is 34.7 Å². The molecule has 2 heterocycles. The Kier molecular flexibility index (Phi) is 4.36. The molecule has 2 aromatic heterocycles. The lowest BCUT2D eigenvalue weighted by atomic mass is 10.3. The van der Waals surface area contributed by atoms with Crippen molar-refractivity contribution in [2.24, 2.45) is 0 Å². The van der Waals surface area contributed by atoms with Gasteiger partial charge >= 0.3 is 0 Å². The van der Waals surface area contributed by atoms with Crippen molar-refractivity contribution in [2.75, 3.05) is 0 Å². The van der Waals surface area contributed by atoms with Gasteiger partial charge in [0.1, 0.15) is 0 Å². The van der Waals surface area contributed by atoms with E-state index in [0.717, 1.165) is 23.3 Å². The molecule has 2 rings (SSSR count). The maximum atomic E-state index is 12.0. The molecule has 19 heavy (non-hydrogen) atoms. The lowest BCUT2D eigenvalue weighted by Gasteiger charge is -2.06. The van der Waals surface area contributed by atoms with Gasteiger partial charge in [-0.3, -0.25) is 14.2 Å². The van der Waals surface area contributed by atoms with Crippen molar-refractivity contribution in [3.05, 3.63) is 34.3 Å². The molecule has 0 aliphatic heterocycles. The highest BCUT2D eigenvalue weighted by Crippen LogP contribution is 2.15. The number of carbonyl (C=O) groups is 1. The third-order valence-corrected chi connectivity index (χ3v) is 3.50. The molecular weight excluding hydrogens is 310 g/mol. The summed E-state index contributed by atoms with van der Waals surface area (Å²) >= 11 is 3.43. The van der Waals surface area contributed by atoms with Gasteiger partial charge in [0, 0.05) is 19.3 Å². The monoisotopic (exact) mass is 325 g/mol. The topological polar surface area (TPSA) is 64.7 Å². The summed E-state index contributed by atoms with van der Waals surface area (Å²) in [7, 11) is 0. The predicted molar refractivity (Wildman–Crippen MR) is 74.7 cm³/mol. The van der Waals surface area contributed by atoms with Gasteiger partial charge in [-0.05, 0) is 29.8 Å². The Morgan fingerprint density at radius 3 is 2.74 bits per heavy atom. The van der Waals surface area contributed by atoms with E-state index in [1.165, 1.54) is 0 Å². The molecule has 0 aliphatic carbocycles. The molecular formula is C12H16BrN5O. The van der Waals surface area contributed by atoms with E-state index < -0.39 is 0 Å². The fourth-order valence-corrected chi connectivity index (χ4v) is 2.19. The number of aromatic nitrogens is 4. The van der Waals surface area contributed by atoms with Gasteiger partial charge in [0.2, 0.25) is 0 Å². The zero-order valence-corrected chi connectivity index (χ0v) is 12.5. The molecule has 0 aliphatic rings. The SMILES string of the molecule is CCn1cc(C(=O)NCc2c(Br)cnn2CC)cn1. The Bertz CT molecular complexity index is 574. The van der Waals surface area contributed by atoms with Crippen LogP contribution >= 0.6 is 15.9 Å². The molecule has 1 amide bonds. The average molecular weight is 326 g/mol. The smallest absolute Gasteiger partial charge is 0.254 e. The Morgan fingerprint density at radius 2 is 2.11 bits per heavy atom. The van der Waals surface area contributed by atoms with Crippen molar-refractivity contribution in [3.63, 3.8) is 0 Å². The molecule has 6 nitrogen and oxygen atoms in total. The fourth-order valence-electron chi connectivity index (χ4n) is 1.76. The first-order valence-corrected chi connectivity index (χ1v) is 6.95. The summed E-state index contributed by atoms with van der Waals surface area (Å²) in [6, 6.07) is 0. The number of amides is 1. The van der Waals surface area contributed by atoms with E-state index in [9.17, 15) is 4.79 Å². The zero-order valence-electron chi connectivity index (χ0n) is 10.9. The molecule has 0 saturated heterocycles. The van der Waals surface area contributed by atoms with E-state index in [2.05, 4.69) is 31.4 Å². The minimum absolute atomic E-state index is 0.129. The van der Waals surface area contributed by atoms with Crippen LogP contribution in [0.4, 0.5) is 0 Å². The zero-order chi connectivity index (χ0) is 13.8. The van der Waals surface area contributed by atoms with Gasteiger partial charge in [0.25, 0.3) is 5.91 Å². The van der Waals surface area contributed by atoms with Gasteiger partial charge in [-0.25, -0.2) is 0 Å². The largest absolute Gasteiger partial charge is 0.346 e. The van der Waals surface area contributed by atoms with Gasteiger partial charge < -0.3 is 5.32 Å². The fraction of sp³-hybridized carbons (Fsp3) is 0.417. The van der Waals surface area contributed by atoms with Crippen LogP contribution in [0, 0.1) is 0 Å². The maximum Gasteiger partial charge on any atom is 0.254 e. The van der Waals surface area contributed by atoms with Crippen LogP contribution in [0.1, 0.15) is 29.9 Å². The molecule has 0 saturated carbocycles. The number of nitrogens with zero attached hydrogens (tertiary/aromatic N) is 4. The van der Waals surface area contributed by atoms with Crippen LogP contribution in [0.25, 0.3) is 0 Å². The van der Waals surface area contributed by atoms with Crippen LogP contribution in [-0.2, 0) is 19.6 Å². The van der Waals surface area contributed by atoms with E-state index >= 15 is 0 Å². The van der Waals surface area contributed by atoms with Crippen LogP contribution in [0.5, 0.6) is 0 Å². The number of hydrogen-bond donors (Lipinski definition) is 1. The first kappa shape index (κ1) is 13.8. The lowest BCUT2D eigenvalue weighted by Crippen LogP contribution is -2.24. The average Bonchev–Trinajstić information content (AvgIpc) is 3.02. The summed E-state index contributed by atoms with van der Waals surface area (Å²) in [6.07, 6.45) is 5.05. The summed E-state index contributed by atoms with van der Waals surface area (Å²) in [5.74, 6) is -0.129. The first-order chi connectivity index (χ1) is 9.15. The summed E-state index contributed by atoms with van der Waals surface area (Å²) < 4.78 is 4.47. The first-order valence-electron chi connectivity index (χ1n) is 6.16. The van der Waals surface area contributed by atoms with E-state index in [1.807, 2.05) is 18.5 Å². The molecule has 7 heteroatoms. The van der Waals surface area contributed by atoms with Crippen molar-refractivity contribution < 1.29 is 4.79 Å². The van der Waals surface area contributed by atoms with Crippen LogP contribution in [0.15, 0.2) is 23.1 Å². The third kappa shape index (κ3) is 3.04. The number of nitrogens with one attached hydrogen (secondary N) is 1. The minimum atomic E-state index is -0.129. The maximum absolute atomic E-state index is 12.0. The van der Waals surface area contributed by atoms with Crippen molar-refractivity contribution >= 4 is 21.8 Å². The van der Waals surface area contributed by atoms with Crippen molar-refractivity contribution in [1.82, 2.24) is 24.9 Å². The van der Waals surface area contributed by atoms with Crippen LogP contribution in [0.3, 0.4) is 0 Å². The highest BCUT2D eigenvalue weighted by atomic mass is 79.9. The number of aryl methyl sites for hydroxylation is 2. The van der Waals surface area contributed by atoms with Crippen LogP contribution < -0.4 is 5.32 Å². The normalized spacial score (nSPS) is 10.7. The van der Waals surface area contributed by atoms with Crippen molar-refractivity contribution in [1.29, 1.82) is 0 Å². The molecule has 2 aromatic rings. The van der Waals surface area contributed by atoms with E-state index in [-0.39, 0.29) is 5.91 Å². The molecule has 0 aromatic carbocycles. The minimum Gasteiger partial charge on any atom is -0.346 e. The second-order valence-electron chi connectivity index (χ2n) is 4.02. The summed E-state index contributed by atoms with van der Waals surface area (Å²) in [5.41, 5.74) is 1.53. The van der Waals surface area contributed by atoms with Gasteiger partial charge in [0.15, 0.2) is 0 Å². The summed E-state index contributed by atoms with van der Waals surface area (Å²) in [6.45, 7) is 5.94. The highest BCUT2D eigenvalue weighted by molar-refractivity contribution is 9.10. The van der Waals surface area contributed by atoms with Gasteiger partial charge in [-0.15, -0.1) is 0 Å². The third-order valence-electron chi connectivity index (χ3n) is 2.83. The predicted octanol–water partition coefficient (Wildman–Crippen LogP) is 1.81. The Morgan fingerprint density at radius 1 is 1.32 bits per heavy atom. The second-order valence-corrected chi connectivity index (χ2v) is 4.88. The van der Waals surface area contributed by atoms with Gasteiger partial charge in [-0.1, -0.05) is 0 Å². The lowest BCUT2D eigenvalue weighted by molar-refractivity contribution is 0.0949. The number of hydrogen-bond acceptors (Lipinski definition) is 3. The molecule has 0 radical (unpaired) electrons. The summed E-state index contributed by atoms with van der Waals surface area (Å²) in [5, 5.41) is 11.2. The molecule has 0 spiro atoms. The standard InChI is InChI=1S/C12H16BrN5O/c1-3-17-8-9(5-15-17)12(19)14-7-11-10(13)6-16-18(11)4-2/h5-6,8H,3-4,7H2,1-2H3,(H,14,19). The number of halogens is 1. The van der Waals surface area contributed by atoms with Gasteiger partial charge in [-0.2, -0.15) is 10.2 Å². The number of rotatable bonds is 5. The number of carbonyl (C=O) groups excluding carboxylic acids is 1. The quantitative estimate of drug-likeness (QED) is 0.911. The van der Waals surface area contributed by atoms with E-state index in [0.29, 0.717) is 12.1 Å². The highest BCUT2D eigenvalue weighted by Gasteiger charge is 2.11. The molecule has 0 fully saturated rings.